The summed E-state index contributed by atoms with van der Waals surface area (Å²) in [5.74, 6) is 1.68. The van der Waals surface area contributed by atoms with E-state index >= 15 is 0 Å². The summed E-state index contributed by atoms with van der Waals surface area (Å²) in [6, 6.07) is 5.81. The molecule has 0 unspecified atom stereocenters. The number of methoxy groups -OCH3 is 2. The lowest BCUT2D eigenvalue weighted by molar-refractivity contribution is 0.344. The molecular formula is C12H19NO2. The van der Waals surface area contributed by atoms with Gasteiger partial charge in [-0.05, 0) is 33.0 Å². The van der Waals surface area contributed by atoms with Crippen molar-refractivity contribution in [3.05, 3.63) is 23.8 Å². The first-order valence-electron chi connectivity index (χ1n) is 4.97. The predicted octanol–water partition coefficient (Wildman–Crippen LogP) is 2.16. The molecule has 0 amide bonds. The number of nitrogens with one attached hydrogen (secondary N) is 1. The summed E-state index contributed by atoms with van der Waals surface area (Å²) in [7, 11) is 5.26. The van der Waals surface area contributed by atoms with E-state index in [4.69, 9.17) is 9.47 Å². The molecule has 0 radical (unpaired) electrons. The number of rotatable bonds is 4. The van der Waals surface area contributed by atoms with E-state index < -0.39 is 0 Å². The van der Waals surface area contributed by atoms with Gasteiger partial charge in [0.25, 0.3) is 0 Å². The zero-order chi connectivity index (χ0) is 11.5. The number of benzene rings is 1. The van der Waals surface area contributed by atoms with E-state index in [0.29, 0.717) is 0 Å². The fraction of sp³-hybridized carbons (Fsp3) is 0.500. The zero-order valence-electron chi connectivity index (χ0n) is 10.0. The van der Waals surface area contributed by atoms with Gasteiger partial charge in [-0.25, -0.2) is 0 Å². The van der Waals surface area contributed by atoms with Gasteiger partial charge in [0.05, 0.1) is 19.8 Å². The fourth-order valence-corrected chi connectivity index (χ4v) is 1.59. The molecule has 3 heteroatoms. The molecule has 1 N–H and O–H groups in total. The second kappa shape index (κ2) is 4.53. The molecule has 1 aromatic rings. The highest BCUT2D eigenvalue weighted by atomic mass is 16.5. The third-order valence-corrected chi connectivity index (χ3v) is 2.68. The molecule has 0 aliphatic heterocycles. The number of ether oxygens (including phenoxy) is 2. The van der Waals surface area contributed by atoms with Gasteiger partial charge >= 0.3 is 0 Å². The number of hydrogen-bond acceptors (Lipinski definition) is 3. The van der Waals surface area contributed by atoms with Gasteiger partial charge in [0.15, 0.2) is 0 Å². The Kier molecular flexibility index (Phi) is 3.58. The third kappa shape index (κ3) is 2.23. The van der Waals surface area contributed by atoms with Crippen LogP contribution in [-0.4, -0.2) is 21.3 Å². The van der Waals surface area contributed by atoms with Gasteiger partial charge in [-0.1, -0.05) is 6.07 Å². The largest absolute Gasteiger partial charge is 0.496 e. The molecule has 0 aromatic heterocycles. The van der Waals surface area contributed by atoms with Crippen molar-refractivity contribution >= 4 is 0 Å². The molecule has 1 aromatic carbocycles. The van der Waals surface area contributed by atoms with Gasteiger partial charge in [0.2, 0.25) is 0 Å². The summed E-state index contributed by atoms with van der Waals surface area (Å²) >= 11 is 0. The Balaban J connectivity index is 3.34. The highest BCUT2D eigenvalue weighted by Gasteiger charge is 2.26. The Bertz CT molecular complexity index is 312. The molecule has 1 rings (SSSR count). The molecule has 0 saturated heterocycles. The molecule has 0 spiro atoms. The van der Waals surface area contributed by atoms with Crippen LogP contribution in [0.3, 0.4) is 0 Å². The van der Waals surface area contributed by atoms with Crippen LogP contribution in [0.15, 0.2) is 18.2 Å². The maximum Gasteiger partial charge on any atom is 0.127 e. The maximum atomic E-state index is 5.36. The summed E-state index contributed by atoms with van der Waals surface area (Å²) in [6.45, 7) is 4.18. The van der Waals surface area contributed by atoms with Crippen molar-refractivity contribution in [3.63, 3.8) is 0 Å². The first kappa shape index (κ1) is 11.9. The van der Waals surface area contributed by atoms with E-state index in [2.05, 4.69) is 19.2 Å². The fourth-order valence-electron chi connectivity index (χ4n) is 1.59. The third-order valence-electron chi connectivity index (χ3n) is 2.68. The monoisotopic (exact) mass is 209 g/mol. The normalized spacial score (nSPS) is 11.3. The minimum Gasteiger partial charge on any atom is -0.496 e. The Hall–Kier alpha value is -1.22. The van der Waals surface area contributed by atoms with Crippen LogP contribution < -0.4 is 14.8 Å². The van der Waals surface area contributed by atoms with Crippen molar-refractivity contribution in [1.82, 2.24) is 5.32 Å². The van der Waals surface area contributed by atoms with Crippen LogP contribution in [0.1, 0.15) is 19.4 Å². The van der Waals surface area contributed by atoms with E-state index in [9.17, 15) is 0 Å². The Morgan fingerprint density at radius 3 is 1.87 bits per heavy atom. The number of hydrogen-bond donors (Lipinski definition) is 1. The van der Waals surface area contributed by atoms with Crippen LogP contribution in [0.4, 0.5) is 0 Å². The molecule has 0 fully saturated rings. The van der Waals surface area contributed by atoms with E-state index in [1.165, 1.54) is 0 Å². The lowest BCUT2D eigenvalue weighted by Gasteiger charge is -2.28. The van der Waals surface area contributed by atoms with Crippen molar-refractivity contribution < 1.29 is 9.47 Å². The average Bonchev–Trinajstić information content (AvgIpc) is 2.27. The summed E-state index contributed by atoms with van der Waals surface area (Å²) in [5.41, 5.74) is 0.857. The van der Waals surface area contributed by atoms with Gasteiger partial charge in [0.1, 0.15) is 11.5 Å². The molecule has 0 bridgehead atoms. The average molecular weight is 209 g/mol. The Labute approximate surface area is 91.4 Å². The van der Waals surface area contributed by atoms with Crippen LogP contribution >= 0.6 is 0 Å². The standard InChI is InChI=1S/C12H19NO2/c1-12(2,13-3)11-9(14-4)7-6-8-10(11)15-5/h6-8,13H,1-5H3. The quantitative estimate of drug-likeness (QED) is 0.824. The van der Waals surface area contributed by atoms with E-state index in [1.54, 1.807) is 14.2 Å². The molecule has 0 aliphatic rings. The molecular weight excluding hydrogens is 190 g/mol. The molecule has 15 heavy (non-hydrogen) atoms. The van der Waals surface area contributed by atoms with Gasteiger partial charge in [0, 0.05) is 5.54 Å². The summed E-state index contributed by atoms with van der Waals surface area (Å²) in [5, 5.41) is 3.25. The topological polar surface area (TPSA) is 30.5 Å². The first-order chi connectivity index (χ1) is 7.06. The summed E-state index contributed by atoms with van der Waals surface area (Å²) in [6.07, 6.45) is 0. The van der Waals surface area contributed by atoms with Gasteiger partial charge in [-0.15, -0.1) is 0 Å². The first-order valence-corrected chi connectivity index (χ1v) is 4.97. The van der Waals surface area contributed by atoms with E-state index in [0.717, 1.165) is 17.1 Å². The van der Waals surface area contributed by atoms with E-state index in [1.807, 2.05) is 25.2 Å². The molecule has 84 valence electrons. The van der Waals surface area contributed by atoms with Crippen LogP contribution in [0.2, 0.25) is 0 Å². The SMILES string of the molecule is CNC(C)(C)c1c(OC)cccc1OC. The smallest absolute Gasteiger partial charge is 0.127 e. The molecule has 0 heterocycles. The van der Waals surface area contributed by atoms with Crippen LogP contribution in [0.25, 0.3) is 0 Å². The predicted molar refractivity (Wildman–Crippen MR) is 61.6 cm³/mol. The van der Waals surface area contributed by atoms with Gasteiger partial charge < -0.3 is 14.8 Å². The molecule has 0 saturated carbocycles. The van der Waals surface area contributed by atoms with Crippen LogP contribution in [-0.2, 0) is 5.54 Å². The maximum absolute atomic E-state index is 5.36. The molecule has 0 aliphatic carbocycles. The van der Waals surface area contributed by atoms with Crippen molar-refractivity contribution in [3.8, 4) is 11.5 Å². The lowest BCUT2D eigenvalue weighted by atomic mass is 9.92. The zero-order valence-corrected chi connectivity index (χ0v) is 10.0. The second-order valence-electron chi connectivity index (χ2n) is 3.91. The molecule has 3 nitrogen and oxygen atoms in total. The van der Waals surface area contributed by atoms with Crippen LogP contribution in [0, 0.1) is 0 Å². The lowest BCUT2D eigenvalue weighted by Crippen LogP contribution is -2.34. The second-order valence-corrected chi connectivity index (χ2v) is 3.91. The molecule has 0 atom stereocenters. The van der Waals surface area contributed by atoms with Crippen molar-refractivity contribution in [2.45, 2.75) is 19.4 Å². The summed E-state index contributed by atoms with van der Waals surface area (Å²) < 4.78 is 10.7. The van der Waals surface area contributed by atoms with E-state index in [-0.39, 0.29) is 5.54 Å². The minimum atomic E-state index is -0.183. The van der Waals surface area contributed by atoms with Crippen LogP contribution in [0.5, 0.6) is 11.5 Å². The Morgan fingerprint density at radius 2 is 1.53 bits per heavy atom. The minimum absolute atomic E-state index is 0.183. The highest BCUT2D eigenvalue weighted by molar-refractivity contribution is 5.48. The summed E-state index contributed by atoms with van der Waals surface area (Å²) in [4.78, 5) is 0. The highest BCUT2D eigenvalue weighted by Crippen LogP contribution is 2.36. The van der Waals surface area contributed by atoms with Gasteiger partial charge in [-0.3, -0.25) is 0 Å². The van der Waals surface area contributed by atoms with Crippen molar-refractivity contribution in [2.24, 2.45) is 0 Å². The van der Waals surface area contributed by atoms with Crippen molar-refractivity contribution in [2.75, 3.05) is 21.3 Å². The van der Waals surface area contributed by atoms with Crippen molar-refractivity contribution in [1.29, 1.82) is 0 Å². The van der Waals surface area contributed by atoms with Gasteiger partial charge in [-0.2, -0.15) is 0 Å². The Morgan fingerprint density at radius 1 is 1.07 bits per heavy atom.